The number of hydrogen-bond donors (Lipinski definition) is 3. The van der Waals surface area contributed by atoms with E-state index in [0.717, 1.165) is 17.2 Å². The summed E-state index contributed by atoms with van der Waals surface area (Å²) in [5.74, 6) is -1.67. The first kappa shape index (κ1) is 37.4. The number of ether oxygens (including phenoxy) is 2. The average molecular weight is 713 g/mol. The molecule has 1 aromatic heterocycles. The minimum absolute atomic E-state index is 0. The number of rotatable bonds is 14. The van der Waals surface area contributed by atoms with Crippen molar-refractivity contribution in [3.63, 3.8) is 0 Å². The Hall–Kier alpha value is -3.46. The van der Waals surface area contributed by atoms with Crippen LogP contribution >= 0.6 is 12.4 Å². The minimum Gasteiger partial charge on any atom is -0.478 e. The second-order valence-electron chi connectivity index (χ2n) is 12.8. The lowest BCUT2D eigenvalue weighted by Crippen LogP contribution is -2.52. The lowest BCUT2D eigenvalue weighted by atomic mass is 9.87. The van der Waals surface area contributed by atoms with Crippen molar-refractivity contribution in [1.82, 2.24) is 15.3 Å². The molecule has 2 saturated carbocycles. The van der Waals surface area contributed by atoms with Crippen LogP contribution in [0.4, 0.5) is 19.1 Å². The van der Waals surface area contributed by atoms with Crippen LogP contribution in [0.15, 0.2) is 53.4 Å². The first-order chi connectivity index (χ1) is 22.0. The summed E-state index contributed by atoms with van der Waals surface area (Å²) in [6, 6.07) is 11.3. The van der Waals surface area contributed by atoms with Gasteiger partial charge in [0.1, 0.15) is 6.61 Å². The van der Waals surface area contributed by atoms with Crippen molar-refractivity contribution in [2.24, 2.45) is 5.41 Å². The molecule has 2 fully saturated rings. The molecule has 0 spiro atoms. The van der Waals surface area contributed by atoms with E-state index < -0.39 is 33.6 Å². The van der Waals surface area contributed by atoms with Gasteiger partial charge in [0.15, 0.2) is 0 Å². The van der Waals surface area contributed by atoms with E-state index in [0.29, 0.717) is 24.1 Å². The topological polar surface area (TPSA) is 140 Å². The molecule has 262 valence electrons. The molecule has 0 aliphatic heterocycles. The average Bonchev–Trinajstić information content (AvgIpc) is 3.75. The molecule has 5 rings (SSSR count). The molecule has 0 bridgehead atoms. The molecular weight excluding hydrogens is 673 g/mol. The van der Waals surface area contributed by atoms with Crippen LogP contribution < -0.4 is 14.8 Å². The van der Waals surface area contributed by atoms with Gasteiger partial charge in [-0.3, -0.25) is 0 Å². The van der Waals surface area contributed by atoms with E-state index in [4.69, 9.17) is 9.47 Å². The van der Waals surface area contributed by atoms with Crippen molar-refractivity contribution < 1.29 is 41.0 Å². The maximum atomic E-state index is 14.0. The number of anilines is 1. The Morgan fingerprint density at radius 2 is 1.71 bits per heavy atom. The number of benzene rings is 2. The highest BCUT2D eigenvalue weighted by molar-refractivity contribution is 7.92. The smallest absolute Gasteiger partial charge is 0.394 e. The van der Waals surface area contributed by atoms with Crippen molar-refractivity contribution in [2.75, 3.05) is 11.3 Å². The van der Waals surface area contributed by atoms with Gasteiger partial charge in [0.05, 0.1) is 33.8 Å². The number of alkyl halides is 3. The summed E-state index contributed by atoms with van der Waals surface area (Å²) in [4.78, 5) is 19.8. The molecule has 2 aliphatic rings. The third-order valence-corrected chi connectivity index (χ3v) is 9.94. The highest BCUT2D eigenvalue weighted by atomic mass is 35.5. The quantitative estimate of drug-likeness (QED) is 0.166. The fourth-order valence-electron chi connectivity index (χ4n) is 5.98. The predicted octanol–water partition coefficient (Wildman–Crippen LogP) is 6.71. The van der Waals surface area contributed by atoms with Gasteiger partial charge in [-0.1, -0.05) is 24.3 Å². The fourth-order valence-corrected chi connectivity index (χ4v) is 6.96. The van der Waals surface area contributed by atoms with Crippen molar-refractivity contribution in [3.8, 4) is 17.1 Å². The summed E-state index contributed by atoms with van der Waals surface area (Å²) in [7, 11) is -4.34. The summed E-state index contributed by atoms with van der Waals surface area (Å²) in [6.07, 6.45) is -2.97. The van der Waals surface area contributed by atoms with Crippen molar-refractivity contribution >= 4 is 34.3 Å². The number of hydrogen-bond acceptors (Lipinski definition) is 8. The lowest BCUT2D eigenvalue weighted by Gasteiger charge is -2.39. The van der Waals surface area contributed by atoms with E-state index in [2.05, 4.69) is 20.0 Å². The van der Waals surface area contributed by atoms with Gasteiger partial charge < -0.3 is 19.9 Å². The summed E-state index contributed by atoms with van der Waals surface area (Å²) < 4.78 is 82.7. The molecule has 0 saturated heterocycles. The maximum absolute atomic E-state index is 14.0. The van der Waals surface area contributed by atoms with Crippen molar-refractivity contribution in [1.29, 1.82) is 0 Å². The number of carbonyl (C=O) groups is 1. The van der Waals surface area contributed by atoms with E-state index in [9.17, 15) is 31.5 Å². The van der Waals surface area contributed by atoms with Crippen LogP contribution in [0.25, 0.3) is 11.3 Å². The Morgan fingerprint density at radius 3 is 2.29 bits per heavy atom. The first-order valence-electron chi connectivity index (χ1n) is 15.5. The molecule has 3 N–H and O–H groups in total. The van der Waals surface area contributed by atoms with E-state index in [1.807, 2.05) is 45.9 Å². The number of nitrogens with zero attached hydrogens (tertiary/aromatic N) is 2. The molecule has 0 radical (unpaired) electrons. The summed E-state index contributed by atoms with van der Waals surface area (Å²) in [5, 5.41) is 12.7. The van der Waals surface area contributed by atoms with Gasteiger partial charge in [-0.25, -0.2) is 22.9 Å². The zero-order valence-corrected chi connectivity index (χ0v) is 28.6. The third kappa shape index (κ3) is 8.76. The van der Waals surface area contributed by atoms with Gasteiger partial charge >= 0.3 is 12.1 Å². The summed E-state index contributed by atoms with van der Waals surface area (Å²) in [6.45, 7) is 7.46. The lowest BCUT2D eigenvalue weighted by molar-refractivity contribution is -0.191. The number of nitrogens with one attached hydrogen (secondary N) is 2. The molecule has 48 heavy (non-hydrogen) atoms. The monoisotopic (exact) mass is 712 g/mol. The molecule has 0 amide bonds. The second kappa shape index (κ2) is 14.6. The van der Waals surface area contributed by atoms with Gasteiger partial charge in [0.2, 0.25) is 11.8 Å². The van der Waals surface area contributed by atoms with Crippen molar-refractivity contribution in [2.45, 2.75) is 95.2 Å². The van der Waals surface area contributed by atoms with Crippen LogP contribution in [0.5, 0.6) is 5.88 Å². The number of aromatic nitrogens is 2. The van der Waals surface area contributed by atoms with Gasteiger partial charge in [-0.2, -0.15) is 18.2 Å². The van der Waals surface area contributed by atoms with Crippen LogP contribution in [-0.2, 0) is 14.8 Å². The van der Waals surface area contributed by atoms with Gasteiger partial charge in [-0.15, -0.1) is 12.4 Å². The van der Waals surface area contributed by atoms with Gasteiger partial charge in [-0.05, 0) is 89.1 Å². The number of carboxylic acid groups (broad SMARTS) is 1. The van der Waals surface area contributed by atoms with Crippen LogP contribution in [0.2, 0.25) is 0 Å². The zero-order valence-electron chi connectivity index (χ0n) is 27.0. The number of aromatic carboxylic acids is 1. The van der Waals surface area contributed by atoms with Crippen molar-refractivity contribution in [3.05, 3.63) is 65.2 Å². The van der Waals surface area contributed by atoms with Crippen LogP contribution in [-0.4, -0.2) is 66.5 Å². The third-order valence-electron chi connectivity index (χ3n) is 8.61. The molecule has 1 heterocycles. The largest absolute Gasteiger partial charge is 0.478 e. The zero-order chi connectivity index (χ0) is 34.1. The number of carboxylic acids is 1. The molecule has 3 aromatic rings. The van der Waals surface area contributed by atoms with E-state index >= 15 is 0 Å². The second-order valence-corrected chi connectivity index (χ2v) is 14.4. The highest BCUT2D eigenvalue weighted by Crippen LogP contribution is 2.60. The normalized spacial score (nSPS) is 19.2. The first-order valence-corrected chi connectivity index (χ1v) is 17.0. The Morgan fingerprint density at radius 1 is 1.06 bits per heavy atom. The van der Waals surface area contributed by atoms with Crippen LogP contribution in [0.3, 0.4) is 0 Å². The van der Waals surface area contributed by atoms with Crippen LogP contribution in [0, 0.1) is 19.3 Å². The summed E-state index contributed by atoms with van der Waals surface area (Å²) >= 11 is 0. The van der Waals surface area contributed by atoms with E-state index in [1.165, 1.54) is 24.3 Å². The van der Waals surface area contributed by atoms with E-state index in [1.54, 1.807) is 0 Å². The molecule has 10 nitrogen and oxygen atoms in total. The SMILES string of the molecule is Cc1cccc(C)c1-c1cc(OC[C@@H](CC2(C(F)(F)F)CC2)NC2CC(OC(C)C)C2)nc(NS(=O)(=O)c2cccc(C(=O)O)c2)n1.Cl. The standard InChI is InChI=1S/C33H39F3N4O6S.ClH/c1-19(2)46-25-14-23(15-25)37-24(17-32(11-12-32)33(34,35)36)18-45-28-16-27(29-20(3)7-5-8-21(29)4)38-31(39-28)40-47(43,44)26-10-6-9-22(13-26)30(41)42;/h5-10,13,16,19,23-25,37H,11-12,14-15,17-18H2,1-4H3,(H,41,42)(H,38,39,40);1H/t23?,24-,25?;/m1./s1. The fraction of sp³-hybridized carbons (Fsp3) is 0.485. The maximum Gasteiger partial charge on any atom is 0.394 e. The van der Waals surface area contributed by atoms with Gasteiger partial charge in [0, 0.05) is 23.7 Å². The molecular formula is C33H40ClF3N4O6S. The number of sulfonamides is 1. The number of aryl methyl sites for hydroxylation is 2. The molecule has 0 unspecified atom stereocenters. The van der Waals surface area contributed by atoms with E-state index in [-0.39, 0.29) is 78.8 Å². The molecule has 1 atom stereocenters. The minimum atomic E-state index is -4.34. The highest BCUT2D eigenvalue weighted by Gasteiger charge is 2.63. The molecule has 15 heteroatoms. The van der Waals surface area contributed by atoms with Crippen LogP contribution in [0.1, 0.15) is 67.4 Å². The molecule has 2 aromatic carbocycles. The Bertz CT molecular complexity index is 1710. The number of halogens is 4. The van der Waals surface area contributed by atoms with Gasteiger partial charge in [0.25, 0.3) is 10.0 Å². The Kier molecular flexibility index (Phi) is 11.3. The predicted molar refractivity (Wildman–Crippen MR) is 176 cm³/mol. The Balaban J connectivity index is 0.00000520. The Labute approximate surface area is 284 Å². The summed E-state index contributed by atoms with van der Waals surface area (Å²) in [5.41, 5.74) is 0.756. The molecule has 2 aliphatic carbocycles.